The molecule has 3 N–H and O–H groups in total. The molecule has 0 unspecified atom stereocenters. The van der Waals surface area contributed by atoms with Crippen molar-refractivity contribution in [3.05, 3.63) is 36.0 Å². The van der Waals surface area contributed by atoms with Crippen molar-refractivity contribution in [2.75, 3.05) is 38.6 Å². The van der Waals surface area contributed by atoms with Crippen LogP contribution in [0.5, 0.6) is 0 Å². The number of rotatable bonds is 4. The summed E-state index contributed by atoms with van der Waals surface area (Å²) in [7, 11) is 0. The molecule has 0 radical (unpaired) electrons. The normalized spacial score (nSPS) is 14.5. The first kappa shape index (κ1) is 17.0. The number of nitrogens with zero attached hydrogens (tertiary/aromatic N) is 3. The van der Waals surface area contributed by atoms with E-state index in [1.165, 1.54) is 0 Å². The summed E-state index contributed by atoms with van der Waals surface area (Å²) in [4.78, 5) is 30.6. The number of morpholine rings is 1. The van der Waals surface area contributed by atoms with Crippen LogP contribution < -0.4 is 5.73 Å². The molecule has 2 aromatic rings. The SMILES string of the molecule is Nc1nccc2cc(CN(CC(=O)N3CCOCC3)C(=O)O)ccc12. The molecule has 0 aliphatic carbocycles. The van der Waals surface area contributed by atoms with Crippen LogP contribution in [0.1, 0.15) is 5.56 Å². The van der Waals surface area contributed by atoms with Gasteiger partial charge in [0.15, 0.2) is 0 Å². The van der Waals surface area contributed by atoms with E-state index in [-0.39, 0.29) is 19.0 Å². The summed E-state index contributed by atoms with van der Waals surface area (Å²) in [6.07, 6.45) is 0.481. The van der Waals surface area contributed by atoms with Gasteiger partial charge in [0, 0.05) is 31.2 Å². The molecule has 8 nitrogen and oxygen atoms in total. The molecule has 8 heteroatoms. The van der Waals surface area contributed by atoms with Crippen LogP contribution in [-0.4, -0.2) is 64.7 Å². The van der Waals surface area contributed by atoms with Crippen molar-refractivity contribution in [3.63, 3.8) is 0 Å². The van der Waals surface area contributed by atoms with Crippen LogP contribution >= 0.6 is 0 Å². The maximum atomic E-state index is 12.3. The van der Waals surface area contributed by atoms with Gasteiger partial charge in [-0.1, -0.05) is 12.1 Å². The molecule has 1 aromatic carbocycles. The second kappa shape index (κ2) is 7.35. The zero-order valence-corrected chi connectivity index (χ0v) is 13.7. The molecule has 1 fully saturated rings. The van der Waals surface area contributed by atoms with E-state index >= 15 is 0 Å². The summed E-state index contributed by atoms with van der Waals surface area (Å²) < 4.78 is 5.21. The second-order valence-corrected chi connectivity index (χ2v) is 5.88. The molecule has 2 heterocycles. The van der Waals surface area contributed by atoms with E-state index in [9.17, 15) is 14.7 Å². The highest BCUT2D eigenvalue weighted by Gasteiger charge is 2.22. The zero-order chi connectivity index (χ0) is 17.8. The fraction of sp³-hybridized carbons (Fsp3) is 0.353. The molecule has 0 saturated carbocycles. The van der Waals surface area contributed by atoms with Crippen molar-refractivity contribution in [1.29, 1.82) is 0 Å². The van der Waals surface area contributed by atoms with Crippen LogP contribution in [0.2, 0.25) is 0 Å². The number of nitrogens with two attached hydrogens (primary N) is 1. The van der Waals surface area contributed by atoms with E-state index < -0.39 is 6.09 Å². The van der Waals surface area contributed by atoms with Gasteiger partial charge in [-0.25, -0.2) is 9.78 Å². The smallest absolute Gasteiger partial charge is 0.408 e. The molecule has 132 valence electrons. The number of ether oxygens (including phenoxy) is 1. The lowest BCUT2D eigenvalue weighted by Crippen LogP contribution is -2.46. The first-order chi connectivity index (χ1) is 12.0. The molecule has 1 aliphatic heterocycles. The lowest BCUT2D eigenvalue weighted by molar-refractivity contribution is -0.136. The van der Waals surface area contributed by atoms with Gasteiger partial charge in [-0.05, 0) is 23.1 Å². The number of pyridine rings is 1. The summed E-state index contributed by atoms with van der Waals surface area (Å²) in [6, 6.07) is 7.30. The van der Waals surface area contributed by atoms with Crippen LogP contribution in [0.15, 0.2) is 30.5 Å². The third kappa shape index (κ3) is 3.97. The van der Waals surface area contributed by atoms with Gasteiger partial charge in [0.1, 0.15) is 12.4 Å². The first-order valence-electron chi connectivity index (χ1n) is 8.01. The highest BCUT2D eigenvalue weighted by atomic mass is 16.5. The van der Waals surface area contributed by atoms with Crippen LogP contribution in [0, 0.1) is 0 Å². The molecule has 25 heavy (non-hydrogen) atoms. The van der Waals surface area contributed by atoms with E-state index in [2.05, 4.69) is 4.98 Å². The summed E-state index contributed by atoms with van der Waals surface area (Å²) >= 11 is 0. The Kier molecular flexibility index (Phi) is 4.99. The quantitative estimate of drug-likeness (QED) is 0.861. The molecule has 1 saturated heterocycles. The van der Waals surface area contributed by atoms with Gasteiger partial charge in [0.05, 0.1) is 13.2 Å². The van der Waals surface area contributed by atoms with Gasteiger partial charge in [0.25, 0.3) is 0 Å². The van der Waals surface area contributed by atoms with Crippen LogP contribution in [0.3, 0.4) is 0 Å². The molecule has 1 aliphatic rings. The van der Waals surface area contributed by atoms with Crippen molar-refractivity contribution in [1.82, 2.24) is 14.8 Å². The Balaban J connectivity index is 1.73. The molecule has 0 bridgehead atoms. The average molecular weight is 344 g/mol. The maximum absolute atomic E-state index is 12.3. The summed E-state index contributed by atoms with van der Waals surface area (Å²) in [5, 5.41) is 11.1. The monoisotopic (exact) mass is 344 g/mol. The third-order valence-corrected chi connectivity index (χ3v) is 4.19. The van der Waals surface area contributed by atoms with Crippen molar-refractivity contribution in [2.45, 2.75) is 6.54 Å². The number of carboxylic acid groups (broad SMARTS) is 1. The van der Waals surface area contributed by atoms with Crippen molar-refractivity contribution >= 4 is 28.6 Å². The van der Waals surface area contributed by atoms with E-state index in [0.717, 1.165) is 21.2 Å². The number of hydrogen-bond donors (Lipinski definition) is 2. The topological polar surface area (TPSA) is 109 Å². The predicted octanol–water partition coefficient (Wildman–Crippen LogP) is 1.16. The second-order valence-electron chi connectivity index (χ2n) is 5.88. The minimum absolute atomic E-state index is 0.129. The lowest BCUT2D eigenvalue weighted by atomic mass is 10.1. The Morgan fingerprint density at radius 3 is 2.76 bits per heavy atom. The molecule has 0 spiro atoms. The lowest BCUT2D eigenvalue weighted by Gasteiger charge is -2.29. The minimum atomic E-state index is -1.13. The summed E-state index contributed by atoms with van der Waals surface area (Å²) in [5.74, 6) is 0.224. The van der Waals surface area contributed by atoms with Crippen LogP contribution in [0.4, 0.5) is 10.6 Å². The molecule has 2 amide bonds. The number of nitrogen functional groups attached to an aromatic ring is 1. The van der Waals surface area contributed by atoms with Gasteiger partial charge in [0.2, 0.25) is 5.91 Å². The highest BCUT2D eigenvalue weighted by molar-refractivity contribution is 5.91. The zero-order valence-electron chi connectivity index (χ0n) is 13.7. The van der Waals surface area contributed by atoms with E-state index in [4.69, 9.17) is 10.5 Å². The summed E-state index contributed by atoms with van der Waals surface area (Å²) in [6.45, 7) is 1.91. The number of aromatic nitrogens is 1. The minimum Gasteiger partial charge on any atom is -0.465 e. The summed E-state index contributed by atoms with van der Waals surface area (Å²) in [5.41, 5.74) is 6.62. The highest BCUT2D eigenvalue weighted by Crippen LogP contribution is 2.20. The largest absolute Gasteiger partial charge is 0.465 e. The maximum Gasteiger partial charge on any atom is 0.408 e. The Morgan fingerprint density at radius 2 is 2.04 bits per heavy atom. The number of hydrogen-bond acceptors (Lipinski definition) is 5. The standard InChI is InChI=1S/C17H20N4O4/c18-16-14-2-1-12(9-13(14)3-4-19-16)10-21(17(23)24)11-15(22)20-5-7-25-8-6-20/h1-4,9H,5-8,10-11H2,(H2,18,19)(H,23,24). The van der Waals surface area contributed by atoms with Crippen molar-refractivity contribution < 1.29 is 19.4 Å². The fourth-order valence-electron chi connectivity index (χ4n) is 2.84. The van der Waals surface area contributed by atoms with E-state index in [1.54, 1.807) is 17.2 Å². The van der Waals surface area contributed by atoms with Crippen molar-refractivity contribution in [3.8, 4) is 0 Å². The Labute approximate surface area is 144 Å². The van der Waals surface area contributed by atoms with Gasteiger partial charge >= 0.3 is 6.09 Å². The predicted molar refractivity (Wildman–Crippen MR) is 92.0 cm³/mol. The Morgan fingerprint density at radius 1 is 1.28 bits per heavy atom. The Hall–Kier alpha value is -2.87. The van der Waals surface area contributed by atoms with Gasteiger partial charge < -0.3 is 20.5 Å². The molecular weight excluding hydrogens is 324 g/mol. The van der Waals surface area contributed by atoms with Gasteiger partial charge in [-0.15, -0.1) is 0 Å². The van der Waals surface area contributed by atoms with Gasteiger partial charge in [-0.2, -0.15) is 0 Å². The first-order valence-corrected chi connectivity index (χ1v) is 8.01. The Bertz CT molecular complexity index is 789. The molecule has 0 atom stereocenters. The number of carbonyl (C=O) groups excluding carboxylic acids is 1. The molecular formula is C17H20N4O4. The average Bonchev–Trinajstić information content (AvgIpc) is 2.62. The molecule has 3 rings (SSSR count). The third-order valence-electron chi connectivity index (χ3n) is 4.19. The van der Waals surface area contributed by atoms with Crippen LogP contribution in [-0.2, 0) is 16.1 Å². The van der Waals surface area contributed by atoms with Crippen molar-refractivity contribution in [2.24, 2.45) is 0 Å². The van der Waals surface area contributed by atoms with Crippen LogP contribution in [0.25, 0.3) is 10.8 Å². The number of amides is 2. The number of fused-ring (bicyclic) bond motifs is 1. The van der Waals surface area contributed by atoms with Gasteiger partial charge in [-0.3, -0.25) is 9.69 Å². The van der Waals surface area contributed by atoms with E-state index in [1.807, 2.05) is 18.2 Å². The number of benzene rings is 1. The number of anilines is 1. The number of carbonyl (C=O) groups is 2. The van der Waals surface area contributed by atoms with E-state index in [0.29, 0.717) is 32.1 Å². The fourth-order valence-corrected chi connectivity index (χ4v) is 2.84. The molecule has 1 aromatic heterocycles.